The predicted octanol–water partition coefficient (Wildman–Crippen LogP) is 1.06. The highest BCUT2D eigenvalue weighted by atomic mass is 19.4. The van der Waals surface area contributed by atoms with Crippen LogP contribution in [0.1, 0.15) is 0 Å². The molecule has 0 spiro atoms. The fourth-order valence-corrected chi connectivity index (χ4v) is 0.979. The van der Waals surface area contributed by atoms with E-state index in [2.05, 4.69) is 9.97 Å². The number of nitrogens with two attached hydrogens (primary N) is 1. The molecule has 4 nitrogen and oxygen atoms in total. The first-order valence-corrected chi connectivity index (χ1v) is 3.74. The summed E-state index contributed by atoms with van der Waals surface area (Å²) in [6, 6.07) is 0. The fraction of sp³-hybridized carbons (Fsp3) is 0.429. The summed E-state index contributed by atoms with van der Waals surface area (Å²) in [7, 11) is 1.26. The van der Waals surface area contributed by atoms with E-state index in [-0.39, 0.29) is 11.6 Å². The molecule has 0 unspecified atom stereocenters. The third-order valence-corrected chi connectivity index (χ3v) is 1.48. The quantitative estimate of drug-likeness (QED) is 0.786. The van der Waals surface area contributed by atoms with Crippen molar-refractivity contribution in [3.05, 3.63) is 12.4 Å². The van der Waals surface area contributed by atoms with Crippen LogP contribution in [-0.4, -0.2) is 29.7 Å². The number of aromatic nitrogens is 2. The lowest BCUT2D eigenvalue weighted by Gasteiger charge is -2.20. The summed E-state index contributed by atoms with van der Waals surface area (Å²) in [4.78, 5) is 8.24. The molecule has 0 fully saturated rings. The van der Waals surface area contributed by atoms with E-state index in [4.69, 9.17) is 5.73 Å². The van der Waals surface area contributed by atoms with Gasteiger partial charge in [0.1, 0.15) is 6.54 Å². The minimum Gasteiger partial charge on any atom is -0.381 e. The summed E-state index contributed by atoms with van der Waals surface area (Å²) in [6.07, 6.45) is -1.67. The molecule has 0 aliphatic heterocycles. The van der Waals surface area contributed by atoms with Gasteiger partial charge in [0.2, 0.25) is 0 Å². The number of alkyl halides is 3. The van der Waals surface area contributed by atoms with E-state index in [1.807, 2.05) is 0 Å². The zero-order valence-corrected chi connectivity index (χ0v) is 7.41. The Balaban J connectivity index is 2.80. The van der Waals surface area contributed by atoms with Gasteiger partial charge in [0.05, 0.1) is 0 Å². The molecule has 1 rings (SSSR count). The Morgan fingerprint density at radius 1 is 1.36 bits per heavy atom. The molecule has 14 heavy (non-hydrogen) atoms. The van der Waals surface area contributed by atoms with Crippen molar-refractivity contribution in [2.75, 3.05) is 24.2 Å². The molecular weight excluding hydrogens is 197 g/mol. The SMILES string of the molecule is CN(CC(F)(F)F)c1nccnc1N. The smallest absolute Gasteiger partial charge is 0.381 e. The summed E-state index contributed by atoms with van der Waals surface area (Å²) in [6.45, 7) is -1.10. The van der Waals surface area contributed by atoms with Gasteiger partial charge >= 0.3 is 6.18 Å². The molecule has 0 amide bonds. The highest BCUT2D eigenvalue weighted by Gasteiger charge is 2.30. The van der Waals surface area contributed by atoms with E-state index in [0.29, 0.717) is 0 Å². The van der Waals surface area contributed by atoms with Crippen LogP contribution in [0.4, 0.5) is 24.8 Å². The zero-order chi connectivity index (χ0) is 10.8. The van der Waals surface area contributed by atoms with Crippen molar-refractivity contribution >= 4 is 11.6 Å². The third kappa shape index (κ3) is 2.75. The summed E-state index contributed by atoms with van der Waals surface area (Å²) < 4.78 is 36.0. The summed E-state index contributed by atoms with van der Waals surface area (Å²) in [5, 5.41) is 0. The third-order valence-electron chi connectivity index (χ3n) is 1.48. The molecule has 0 bridgehead atoms. The van der Waals surface area contributed by atoms with Crippen LogP contribution in [0.3, 0.4) is 0 Å². The molecule has 0 aromatic carbocycles. The van der Waals surface area contributed by atoms with E-state index in [0.717, 1.165) is 4.90 Å². The van der Waals surface area contributed by atoms with Crippen LogP contribution in [0.15, 0.2) is 12.4 Å². The number of hydrogen-bond donors (Lipinski definition) is 1. The number of halogens is 3. The minimum absolute atomic E-state index is 0.0146. The molecule has 0 aliphatic rings. The molecule has 0 saturated heterocycles. The monoisotopic (exact) mass is 206 g/mol. The zero-order valence-electron chi connectivity index (χ0n) is 7.41. The van der Waals surface area contributed by atoms with Gasteiger partial charge in [0.15, 0.2) is 11.6 Å². The van der Waals surface area contributed by atoms with Gasteiger partial charge in [0, 0.05) is 19.4 Å². The Kier molecular flexibility index (Phi) is 2.78. The highest BCUT2D eigenvalue weighted by molar-refractivity contribution is 5.56. The van der Waals surface area contributed by atoms with Gasteiger partial charge in [0.25, 0.3) is 0 Å². The second kappa shape index (κ2) is 3.69. The van der Waals surface area contributed by atoms with Crippen LogP contribution in [-0.2, 0) is 0 Å². The minimum atomic E-state index is -4.28. The molecule has 0 atom stereocenters. The molecule has 78 valence electrons. The fourth-order valence-electron chi connectivity index (χ4n) is 0.979. The maximum atomic E-state index is 12.0. The normalized spacial score (nSPS) is 11.4. The Bertz CT molecular complexity index is 312. The first-order valence-electron chi connectivity index (χ1n) is 3.74. The lowest BCUT2D eigenvalue weighted by Crippen LogP contribution is -2.32. The first-order chi connectivity index (χ1) is 6.40. The van der Waals surface area contributed by atoms with E-state index in [9.17, 15) is 13.2 Å². The number of anilines is 2. The topological polar surface area (TPSA) is 55.0 Å². The van der Waals surface area contributed by atoms with Gasteiger partial charge in [-0.15, -0.1) is 0 Å². The Morgan fingerprint density at radius 2 is 1.93 bits per heavy atom. The van der Waals surface area contributed by atoms with Gasteiger partial charge in [-0.2, -0.15) is 13.2 Å². The first kappa shape index (κ1) is 10.6. The molecule has 7 heteroatoms. The van der Waals surface area contributed by atoms with Gasteiger partial charge in [-0.25, -0.2) is 9.97 Å². The summed E-state index contributed by atoms with van der Waals surface area (Å²) in [5.41, 5.74) is 5.36. The second-order valence-corrected chi connectivity index (χ2v) is 2.74. The van der Waals surface area contributed by atoms with Crippen molar-refractivity contribution in [3.8, 4) is 0 Å². The molecule has 1 heterocycles. The van der Waals surface area contributed by atoms with Crippen LogP contribution in [0.5, 0.6) is 0 Å². The van der Waals surface area contributed by atoms with Crippen molar-refractivity contribution in [3.63, 3.8) is 0 Å². The van der Waals surface area contributed by atoms with E-state index >= 15 is 0 Å². The largest absolute Gasteiger partial charge is 0.405 e. The average molecular weight is 206 g/mol. The van der Waals surface area contributed by atoms with Crippen LogP contribution in [0.2, 0.25) is 0 Å². The standard InChI is InChI=1S/C7H9F3N4/c1-14(4-7(8,9)10)6-5(11)12-2-3-13-6/h2-3H,4H2,1H3,(H2,11,12). The molecule has 1 aromatic rings. The summed E-state index contributed by atoms with van der Waals surface area (Å²) >= 11 is 0. The van der Waals surface area contributed by atoms with Crippen LogP contribution in [0.25, 0.3) is 0 Å². The maximum absolute atomic E-state index is 12.0. The van der Waals surface area contributed by atoms with Crippen LogP contribution in [0, 0.1) is 0 Å². The molecular formula is C7H9F3N4. The summed E-state index contributed by atoms with van der Waals surface area (Å²) in [5.74, 6) is 0.0177. The predicted molar refractivity (Wildman–Crippen MR) is 45.8 cm³/mol. The Morgan fingerprint density at radius 3 is 2.43 bits per heavy atom. The van der Waals surface area contributed by atoms with Crippen LogP contribution < -0.4 is 10.6 Å². The van der Waals surface area contributed by atoms with E-state index < -0.39 is 12.7 Å². The van der Waals surface area contributed by atoms with Gasteiger partial charge in [-0.1, -0.05) is 0 Å². The Hall–Kier alpha value is -1.53. The number of hydrogen-bond acceptors (Lipinski definition) is 4. The van der Waals surface area contributed by atoms with Crippen LogP contribution >= 0.6 is 0 Å². The Labute approximate surface area is 78.6 Å². The van der Waals surface area contributed by atoms with Crippen molar-refractivity contribution < 1.29 is 13.2 Å². The second-order valence-electron chi connectivity index (χ2n) is 2.74. The van der Waals surface area contributed by atoms with Crippen molar-refractivity contribution in [2.45, 2.75) is 6.18 Å². The molecule has 2 N–H and O–H groups in total. The van der Waals surface area contributed by atoms with Gasteiger partial charge < -0.3 is 10.6 Å². The van der Waals surface area contributed by atoms with Gasteiger partial charge in [-0.3, -0.25) is 0 Å². The number of nitrogens with zero attached hydrogens (tertiary/aromatic N) is 3. The van der Waals surface area contributed by atoms with E-state index in [1.165, 1.54) is 19.4 Å². The maximum Gasteiger partial charge on any atom is 0.405 e. The lowest BCUT2D eigenvalue weighted by atomic mass is 10.5. The van der Waals surface area contributed by atoms with Crippen molar-refractivity contribution in [1.29, 1.82) is 0 Å². The van der Waals surface area contributed by atoms with Gasteiger partial charge in [-0.05, 0) is 0 Å². The molecule has 0 saturated carbocycles. The molecule has 0 aliphatic carbocycles. The lowest BCUT2D eigenvalue weighted by molar-refractivity contribution is -0.119. The number of nitrogen functional groups attached to an aromatic ring is 1. The van der Waals surface area contributed by atoms with E-state index in [1.54, 1.807) is 0 Å². The van der Waals surface area contributed by atoms with Crippen molar-refractivity contribution in [1.82, 2.24) is 9.97 Å². The highest BCUT2D eigenvalue weighted by Crippen LogP contribution is 2.21. The molecule has 1 aromatic heterocycles. The average Bonchev–Trinajstić information content (AvgIpc) is 2.01. The molecule has 0 radical (unpaired) electrons. The number of rotatable bonds is 2. The van der Waals surface area contributed by atoms with Crippen molar-refractivity contribution in [2.24, 2.45) is 0 Å².